The van der Waals surface area contributed by atoms with E-state index in [0.717, 1.165) is 5.33 Å². The van der Waals surface area contributed by atoms with Gasteiger partial charge in [0.15, 0.2) is 0 Å². The molecule has 0 saturated heterocycles. The highest BCUT2D eigenvalue weighted by molar-refractivity contribution is 9.09. The molecule has 0 nitrogen and oxygen atoms in total. The fourth-order valence-corrected chi connectivity index (χ4v) is 3.24. The van der Waals surface area contributed by atoms with E-state index in [1.165, 1.54) is 37.7 Å². The number of alkyl halides is 1. The van der Waals surface area contributed by atoms with Crippen LogP contribution in [0.4, 0.5) is 0 Å². The first kappa shape index (κ1) is 13.8. The van der Waals surface area contributed by atoms with E-state index in [9.17, 15) is 0 Å². The first-order valence-corrected chi connectivity index (χ1v) is 7.48. The normalized spacial score (nSPS) is 11.7. The number of hydrogen-bond acceptors (Lipinski definition) is 0. The summed E-state index contributed by atoms with van der Waals surface area (Å²) >= 11 is 3.68. The lowest BCUT2D eigenvalue weighted by atomic mass is 9.79. The molecule has 1 aromatic carbocycles. The summed E-state index contributed by atoms with van der Waals surface area (Å²) in [7, 11) is 0. The molecule has 1 aromatic rings. The monoisotopic (exact) mass is 282 g/mol. The maximum atomic E-state index is 3.68. The van der Waals surface area contributed by atoms with Crippen LogP contribution in [-0.4, -0.2) is 5.33 Å². The van der Waals surface area contributed by atoms with Crippen molar-refractivity contribution in [1.82, 2.24) is 0 Å². The van der Waals surface area contributed by atoms with Crippen LogP contribution in [0, 0.1) is 5.41 Å². The maximum absolute atomic E-state index is 3.68. The van der Waals surface area contributed by atoms with Gasteiger partial charge < -0.3 is 0 Å². The topological polar surface area (TPSA) is 0 Å². The van der Waals surface area contributed by atoms with E-state index in [2.05, 4.69) is 60.1 Å². The van der Waals surface area contributed by atoms with Gasteiger partial charge in [-0.05, 0) is 43.1 Å². The number of aryl methyl sites for hydroxylation is 1. The molecule has 0 N–H and O–H groups in total. The van der Waals surface area contributed by atoms with Gasteiger partial charge in [-0.1, -0.05) is 60.1 Å². The quantitative estimate of drug-likeness (QED) is 0.602. The number of hydrogen-bond donors (Lipinski definition) is 0. The summed E-state index contributed by atoms with van der Waals surface area (Å²) < 4.78 is 0. The van der Waals surface area contributed by atoms with Gasteiger partial charge in [-0.3, -0.25) is 0 Å². The molecule has 0 fully saturated rings. The molecule has 1 heteroatoms. The molecule has 0 aliphatic carbocycles. The highest BCUT2D eigenvalue weighted by Crippen LogP contribution is 2.34. The third kappa shape index (κ3) is 3.93. The number of benzene rings is 1. The van der Waals surface area contributed by atoms with Gasteiger partial charge >= 0.3 is 0 Å². The first-order valence-electron chi connectivity index (χ1n) is 6.36. The summed E-state index contributed by atoms with van der Waals surface area (Å²) in [6.45, 7) is 4.63. The molecule has 0 bridgehead atoms. The van der Waals surface area contributed by atoms with Crippen LogP contribution in [0.5, 0.6) is 0 Å². The van der Waals surface area contributed by atoms with Crippen LogP contribution in [-0.2, 0) is 6.42 Å². The Morgan fingerprint density at radius 1 is 1.06 bits per heavy atom. The third-order valence-electron chi connectivity index (χ3n) is 3.80. The van der Waals surface area contributed by atoms with Gasteiger partial charge in [-0.2, -0.15) is 0 Å². The van der Waals surface area contributed by atoms with Crippen molar-refractivity contribution in [2.75, 3.05) is 5.33 Å². The Balaban J connectivity index is 2.39. The fourth-order valence-electron chi connectivity index (χ4n) is 2.17. The zero-order chi connectivity index (χ0) is 11.9. The molecule has 0 spiro atoms. The average molecular weight is 283 g/mol. The lowest BCUT2D eigenvalue weighted by Crippen LogP contribution is -2.20. The second-order valence-electron chi connectivity index (χ2n) is 4.68. The van der Waals surface area contributed by atoms with Crippen LogP contribution in [0.1, 0.15) is 45.1 Å². The summed E-state index contributed by atoms with van der Waals surface area (Å²) in [5.41, 5.74) is 1.99. The molecule has 0 amide bonds. The van der Waals surface area contributed by atoms with E-state index < -0.39 is 0 Å². The Kier molecular flexibility index (Phi) is 6.12. The van der Waals surface area contributed by atoms with Gasteiger partial charge in [0.05, 0.1) is 0 Å². The summed E-state index contributed by atoms with van der Waals surface area (Å²) in [5.74, 6) is 0. The lowest BCUT2D eigenvalue weighted by Gasteiger charge is -2.29. The second kappa shape index (κ2) is 7.11. The van der Waals surface area contributed by atoms with Crippen LogP contribution in [0.25, 0.3) is 0 Å². The summed E-state index contributed by atoms with van der Waals surface area (Å²) in [4.78, 5) is 0. The molecule has 1 rings (SSSR count). The van der Waals surface area contributed by atoms with Crippen molar-refractivity contribution in [3.05, 3.63) is 35.9 Å². The standard InChI is InChI=1S/C15H23Br/c1-3-15(4-2,13-16)12-8-11-14-9-6-5-7-10-14/h5-7,9-10H,3-4,8,11-13H2,1-2H3. The minimum absolute atomic E-state index is 0.523. The SMILES string of the molecule is CCC(CC)(CBr)CCCc1ccccc1. The van der Waals surface area contributed by atoms with Gasteiger partial charge in [-0.15, -0.1) is 0 Å². The molecule has 0 saturated carbocycles. The highest BCUT2D eigenvalue weighted by atomic mass is 79.9. The van der Waals surface area contributed by atoms with Gasteiger partial charge in [0.2, 0.25) is 0 Å². The highest BCUT2D eigenvalue weighted by Gasteiger charge is 2.23. The Morgan fingerprint density at radius 3 is 2.19 bits per heavy atom. The zero-order valence-corrected chi connectivity index (χ0v) is 12.1. The van der Waals surface area contributed by atoms with Crippen LogP contribution >= 0.6 is 15.9 Å². The zero-order valence-electron chi connectivity index (χ0n) is 10.5. The van der Waals surface area contributed by atoms with Crippen molar-refractivity contribution in [2.24, 2.45) is 5.41 Å². The predicted octanol–water partition coefficient (Wildman–Crippen LogP) is 5.21. The fraction of sp³-hybridized carbons (Fsp3) is 0.600. The first-order chi connectivity index (χ1) is 7.76. The van der Waals surface area contributed by atoms with Gasteiger partial charge in [0, 0.05) is 5.33 Å². The smallest absolute Gasteiger partial charge is 0.00877 e. The largest absolute Gasteiger partial charge is 0.0922 e. The van der Waals surface area contributed by atoms with Gasteiger partial charge in [-0.25, -0.2) is 0 Å². The van der Waals surface area contributed by atoms with Gasteiger partial charge in [0.25, 0.3) is 0 Å². The Hall–Kier alpha value is -0.300. The van der Waals surface area contributed by atoms with E-state index in [4.69, 9.17) is 0 Å². The van der Waals surface area contributed by atoms with Crippen molar-refractivity contribution in [2.45, 2.75) is 46.0 Å². The lowest BCUT2D eigenvalue weighted by molar-refractivity contribution is 0.276. The van der Waals surface area contributed by atoms with E-state index in [1.54, 1.807) is 0 Å². The van der Waals surface area contributed by atoms with Gasteiger partial charge in [0.1, 0.15) is 0 Å². The molecule has 0 aliphatic rings. The Labute approximate surface area is 109 Å². The average Bonchev–Trinajstić information content (AvgIpc) is 2.37. The Morgan fingerprint density at radius 2 is 1.69 bits per heavy atom. The second-order valence-corrected chi connectivity index (χ2v) is 5.24. The van der Waals surface area contributed by atoms with Crippen LogP contribution < -0.4 is 0 Å². The molecule has 0 radical (unpaired) electrons. The minimum Gasteiger partial charge on any atom is -0.0922 e. The van der Waals surface area contributed by atoms with E-state index in [-0.39, 0.29) is 0 Å². The van der Waals surface area contributed by atoms with Crippen molar-refractivity contribution in [3.8, 4) is 0 Å². The molecular weight excluding hydrogens is 260 g/mol. The summed E-state index contributed by atoms with van der Waals surface area (Å²) in [6, 6.07) is 10.8. The summed E-state index contributed by atoms with van der Waals surface area (Å²) in [5, 5.41) is 1.14. The van der Waals surface area contributed by atoms with Crippen molar-refractivity contribution < 1.29 is 0 Å². The van der Waals surface area contributed by atoms with Crippen molar-refractivity contribution >= 4 is 15.9 Å². The van der Waals surface area contributed by atoms with Crippen molar-refractivity contribution in [3.63, 3.8) is 0 Å². The third-order valence-corrected chi connectivity index (χ3v) is 4.99. The number of halogens is 1. The summed E-state index contributed by atoms with van der Waals surface area (Å²) in [6.07, 6.45) is 6.42. The van der Waals surface area contributed by atoms with E-state index in [0.29, 0.717) is 5.41 Å². The van der Waals surface area contributed by atoms with Crippen molar-refractivity contribution in [1.29, 1.82) is 0 Å². The van der Waals surface area contributed by atoms with Crippen LogP contribution in [0.2, 0.25) is 0 Å². The molecule has 16 heavy (non-hydrogen) atoms. The molecule has 0 atom stereocenters. The molecule has 0 heterocycles. The minimum atomic E-state index is 0.523. The van der Waals surface area contributed by atoms with Crippen LogP contribution in [0.15, 0.2) is 30.3 Å². The van der Waals surface area contributed by atoms with Crippen LogP contribution in [0.3, 0.4) is 0 Å². The molecule has 0 unspecified atom stereocenters. The number of rotatable bonds is 7. The Bertz CT molecular complexity index is 266. The molecule has 90 valence electrons. The molecule has 0 aliphatic heterocycles. The predicted molar refractivity (Wildman–Crippen MR) is 76.2 cm³/mol. The molecule has 0 aromatic heterocycles. The maximum Gasteiger partial charge on any atom is 0.00877 e. The molecular formula is C15H23Br. The van der Waals surface area contributed by atoms with E-state index >= 15 is 0 Å². The van der Waals surface area contributed by atoms with E-state index in [1.807, 2.05) is 0 Å².